The summed E-state index contributed by atoms with van der Waals surface area (Å²) in [5, 5.41) is 9.71. The van der Waals surface area contributed by atoms with Crippen LogP contribution in [0.5, 0.6) is 5.75 Å². The van der Waals surface area contributed by atoms with E-state index in [9.17, 15) is 27.9 Å². The predicted octanol–water partition coefficient (Wildman–Crippen LogP) is 5.80. The molecule has 0 aromatic heterocycles. The van der Waals surface area contributed by atoms with Crippen LogP contribution >= 0.6 is 0 Å². The van der Waals surface area contributed by atoms with E-state index < -0.39 is 35.4 Å². The molecule has 4 rings (SSSR count). The maximum atomic E-state index is 13.7. The molecule has 5 nitrogen and oxygen atoms in total. The number of halogens is 3. The van der Waals surface area contributed by atoms with E-state index >= 15 is 0 Å². The van der Waals surface area contributed by atoms with E-state index in [0.29, 0.717) is 17.9 Å². The molecule has 0 bridgehead atoms. The van der Waals surface area contributed by atoms with Gasteiger partial charge in [-0.2, -0.15) is 0 Å². The van der Waals surface area contributed by atoms with Gasteiger partial charge in [0, 0.05) is 36.7 Å². The third-order valence-corrected chi connectivity index (χ3v) is 5.99. The highest BCUT2D eigenvalue weighted by Gasteiger charge is 2.33. The smallest absolute Gasteiger partial charge is 0.326 e. The normalized spacial score (nSPS) is 15.3. The number of carboxylic acid groups (broad SMARTS) is 1. The molecule has 1 atom stereocenters. The molecule has 3 aromatic carbocycles. The average Bonchev–Trinajstić information content (AvgIpc) is 2.90. The first-order chi connectivity index (χ1) is 18.3. The van der Waals surface area contributed by atoms with Crippen LogP contribution in [0, 0.1) is 17.5 Å². The van der Waals surface area contributed by atoms with Crippen molar-refractivity contribution >= 4 is 24.0 Å². The van der Waals surface area contributed by atoms with Gasteiger partial charge in [-0.15, -0.1) is 0 Å². The minimum Gasteiger partial charge on any atom is -0.490 e. The summed E-state index contributed by atoms with van der Waals surface area (Å²) in [5.41, 5.74) is 2.09. The van der Waals surface area contributed by atoms with Crippen molar-refractivity contribution in [1.82, 2.24) is 4.90 Å². The molecule has 0 fully saturated rings. The third-order valence-electron chi connectivity index (χ3n) is 5.99. The molecule has 38 heavy (non-hydrogen) atoms. The van der Waals surface area contributed by atoms with Crippen molar-refractivity contribution in [3.63, 3.8) is 0 Å². The number of hydrogen-bond donors (Lipinski definition) is 1. The fraction of sp³-hybridized carbons (Fsp3) is 0.133. The van der Waals surface area contributed by atoms with Crippen LogP contribution in [0.3, 0.4) is 0 Å². The Bertz CT molecular complexity index is 1390. The third kappa shape index (κ3) is 6.59. The van der Waals surface area contributed by atoms with E-state index in [0.717, 1.165) is 16.7 Å². The Morgan fingerprint density at radius 2 is 1.68 bits per heavy atom. The molecule has 0 aliphatic carbocycles. The van der Waals surface area contributed by atoms with E-state index in [1.54, 1.807) is 30.4 Å². The lowest BCUT2D eigenvalue weighted by atomic mass is 9.93. The van der Waals surface area contributed by atoms with Gasteiger partial charge in [0.25, 0.3) is 0 Å². The number of carboxylic acids is 1. The SMILES string of the molecule is O=C(O)[C@@H]1Cc2ccc(OC/C=C/C=C/c3c(F)cc(F)cc3F)cc2CN1C(=O)/C=C/c1ccccc1. The van der Waals surface area contributed by atoms with Gasteiger partial charge in [-0.25, -0.2) is 18.0 Å². The molecule has 1 aliphatic heterocycles. The van der Waals surface area contributed by atoms with Crippen molar-refractivity contribution in [3.8, 4) is 5.75 Å². The second-order valence-corrected chi connectivity index (χ2v) is 8.58. The summed E-state index contributed by atoms with van der Waals surface area (Å²) in [4.78, 5) is 26.1. The molecular weight excluding hydrogens is 495 g/mol. The molecule has 1 N–H and O–H groups in total. The van der Waals surface area contributed by atoms with Crippen molar-refractivity contribution in [3.05, 3.63) is 125 Å². The van der Waals surface area contributed by atoms with Crippen LogP contribution in [0.4, 0.5) is 13.2 Å². The Labute approximate surface area is 217 Å². The lowest BCUT2D eigenvalue weighted by Gasteiger charge is -2.34. The number of nitrogens with zero attached hydrogens (tertiary/aromatic N) is 1. The van der Waals surface area contributed by atoms with Gasteiger partial charge < -0.3 is 14.7 Å². The van der Waals surface area contributed by atoms with Gasteiger partial charge >= 0.3 is 5.97 Å². The summed E-state index contributed by atoms with van der Waals surface area (Å²) >= 11 is 0. The van der Waals surface area contributed by atoms with Gasteiger partial charge in [0.15, 0.2) is 0 Å². The molecule has 0 saturated heterocycles. The average molecular weight is 520 g/mol. The highest BCUT2D eigenvalue weighted by atomic mass is 19.1. The molecule has 3 aromatic rings. The fourth-order valence-corrected chi connectivity index (χ4v) is 4.07. The highest BCUT2D eigenvalue weighted by molar-refractivity contribution is 5.94. The quantitative estimate of drug-likeness (QED) is 0.302. The van der Waals surface area contributed by atoms with Crippen molar-refractivity contribution in [2.24, 2.45) is 0 Å². The number of ether oxygens (including phenoxy) is 1. The minimum atomic E-state index is -1.07. The maximum Gasteiger partial charge on any atom is 0.326 e. The number of hydrogen-bond acceptors (Lipinski definition) is 3. The topological polar surface area (TPSA) is 66.8 Å². The van der Waals surface area contributed by atoms with E-state index in [2.05, 4.69) is 0 Å². The largest absolute Gasteiger partial charge is 0.490 e. The van der Waals surface area contributed by atoms with Gasteiger partial charge in [0.1, 0.15) is 35.8 Å². The van der Waals surface area contributed by atoms with Crippen molar-refractivity contribution in [2.75, 3.05) is 6.61 Å². The zero-order chi connectivity index (χ0) is 27.1. The zero-order valence-electron chi connectivity index (χ0n) is 20.2. The van der Waals surface area contributed by atoms with Gasteiger partial charge in [0.05, 0.1) is 0 Å². The summed E-state index contributed by atoms with van der Waals surface area (Å²) < 4.78 is 46.0. The van der Waals surface area contributed by atoms with Gasteiger partial charge in [-0.1, -0.05) is 48.6 Å². The van der Waals surface area contributed by atoms with Crippen LogP contribution in [0.25, 0.3) is 12.2 Å². The monoisotopic (exact) mass is 519 g/mol. The lowest BCUT2D eigenvalue weighted by Crippen LogP contribution is -2.48. The molecule has 0 saturated carbocycles. The summed E-state index contributed by atoms with van der Waals surface area (Å²) in [6.07, 6.45) is 8.97. The Balaban J connectivity index is 1.39. The Hall–Kier alpha value is -4.59. The molecule has 8 heteroatoms. The molecule has 1 amide bonds. The van der Waals surface area contributed by atoms with Gasteiger partial charge in [0.2, 0.25) is 5.91 Å². The molecular formula is C30H24F3NO4. The number of allylic oxidation sites excluding steroid dienone is 2. The first-order valence-corrected chi connectivity index (χ1v) is 11.8. The number of fused-ring (bicyclic) bond motifs is 1. The Morgan fingerprint density at radius 1 is 0.947 bits per heavy atom. The lowest BCUT2D eigenvalue weighted by molar-refractivity contribution is -0.149. The summed E-state index contributed by atoms with van der Waals surface area (Å²) in [6, 6.07) is 14.8. The van der Waals surface area contributed by atoms with Crippen LogP contribution in [-0.2, 0) is 22.6 Å². The number of aliphatic carboxylic acids is 1. The number of rotatable bonds is 8. The highest BCUT2D eigenvalue weighted by Crippen LogP contribution is 2.28. The Morgan fingerprint density at radius 3 is 2.39 bits per heavy atom. The molecule has 0 unspecified atom stereocenters. The maximum absolute atomic E-state index is 13.7. The van der Waals surface area contributed by atoms with Crippen LogP contribution in [-0.4, -0.2) is 34.5 Å². The number of benzene rings is 3. The van der Waals surface area contributed by atoms with Crippen LogP contribution in [0.1, 0.15) is 22.3 Å². The van der Waals surface area contributed by atoms with E-state index in [4.69, 9.17) is 4.74 Å². The van der Waals surface area contributed by atoms with Crippen molar-refractivity contribution in [1.29, 1.82) is 0 Å². The van der Waals surface area contributed by atoms with Crippen LogP contribution in [0.15, 0.2) is 85.0 Å². The first-order valence-electron chi connectivity index (χ1n) is 11.8. The first kappa shape index (κ1) is 26.5. The van der Waals surface area contributed by atoms with Crippen LogP contribution < -0.4 is 4.74 Å². The van der Waals surface area contributed by atoms with Crippen molar-refractivity contribution in [2.45, 2.75) is 19.0 Å². The minimum absolute atomic E-state index is 0.120. The van der Waals surface area contributed by atoms with E-state index in [-0.39, 0.29) is 25.1 Å². The second kappa shape index (κ2) is 12.1. The summed E-state index contributed by atoms with van der Waals surface area (Å²) in [7, 11) is 0. The zero-order valence-corrected chi connectivity index (χ0v) is 20.2. The Kier molecular flexibility index (Phi) is 8.43. The van der Waals surface area contributed by atoms with E-state index in [1.807, 2.05) is 30.3 Å². The summed E-state index contributed by atoms with van der Waals surface area (Å²) in [5.74, 6) is -3.93. The molecule has 0 radical (unpaired) electrons. The number of carbonyl (C=O) groups excluding carboxylic acids is 1. The van der Waals surface area contributed by atoms with Gasteiger partial charge in [-0.05, 0) is 47.1 Å². The number of carbonyl (C=O) groups is 2. The number of amides is 1. The van der Waals surface area contributed by atoms with Crippen molar-refractivity contribution < 1.29 is 32.6 Å². The molecule has 0 spiro atoms. The molecule has 1 aliphatic rings. The predicted molar refractivity (Wildman–Crippen MR) is 138 cm³/mol. The second-order valence-electron chi connectivity index (χ2n) is 8.58. The molecule has 1 heterocycles. The summed E-state index contributed by atoms with van der Waals surface area (Å²) in [6.45, 7) is 0.270. The standard InChI is InChI=1S/C30H24F3NO4/c31-23-17-26(32)25(27(33)18-23)9-5-2-6-14-38-24-12-11-21-16-28(30(36)37)34(19-22(21)15-24)29(35)13-10-20-7-3-1-4-8-20/h1-13,15,17-18,28H,14,16,19H2,(H,36,37)/b6-2+,9-5+,13-10+/t28-/m0/s1. The fourth-order valence-electron chi connectivity index (χ4n) is 4.07. The molecule has 194 valence electrons. The van der Waals surface area contributed by atoms with Crippen LogP contribution in [0.2, 0.25) is 0 Å². The van der Waals surface area contributed by atoms with Gasteiger partial charge in [-0.3, -0.25) is 4.79 Å². The van der Waals surface area contributed by atoms with E-state index in [1.165, 1.54) is 29.2 Å².